The molecule has 124 valence electrons. The molecule has 2 aliphatic rings. The van der Waals surface area contributed by atoms with E-state index in [1.807, 2.05) is 6.20 Å². The summed E-state index contributed by atoms with van der Waals surface area (Å²) >= 11 is 1.77. The summed E-state index contributed by atoms with van der Waals surface area (Å²) in [5.74, 6) is 0.532. The fourth-order valence-corrected chi connectivity index (χ4v) is 4.49. The average Bonchev–Trinajstić information content (AvgIpc) is 3.25. The van der Waals surface area contributed by atoms with E-state index in [4.69, 9.17) is 4.74 Å². The zero-order valence-electron chi connectivity index (χ0n) is 13.5. The Bertz CT molecular complexity index is 648. The van der Waals surface area contributed by atoms with Gasteiger partial charge in [0.2, 0.25) is 5.13 Å². The van der Waals surface area contributed by atoms with E-state index in [9.17, 15) is 0 Å². The highest BCUT2D eigenvalue weighted by Gasteiger charge is 2.26. The molecule has 0 bridgehead atoms. The maximum absolute atomic E-state index is 5.45. The summed E-state index contributed by atoms with van der Waals surface area (Å²) in [6, 6.07) is 0.438. The van der Waals surface area contributed by atoms with E-state index in [1.165, 1.54) is 23.4 Å². The Morgan fingerprint density at radius 3 is 2.87 bits per heavy atom. The predicted molar refractivity (Wildman–Crippen MR) is 90.2 cm³/mol. The molecule has 1 unspecified atom stereocenters. The third-order valence-electron chi connectivity index (χ3n) is 4.77. The number of aromatic nitrogens is 4. The van der Waals surface area contributed by atoms with Crippen LogP contribution in [0.25, 0.3) is 0 Å². The zero-order valence-corrected chi connectivity index (χ0v) is 14.3. The first kappa shape index (κ1) is 15.1. The fourth-order valence-electron chi connectivity index (χ4n) is 3.44. The summed E-state index contributed by atoms with van der Waals surface area (Å²) in [5, 5.41) is 15.7. The Balaban J connectivity index is 1.46. The van der Waals surface area contributed by atoms with E-state index in [0.717, 1.165) is 44.3 Å². The highest BCUT2D eigenvalue weighted by Crippen LogP contribution is 2.34. The Morgan fingerprint density at radius 1 is 1.22 bits per heavy atom. The third-order valence-corrected chi connectivity index (χ3v) is 5.92. The molecular weight excluding hydrogens is 310 g/mol. The Labute approximate surface area is 140 Å². The van der Waals surface area contributed by atoms with Crippen LogP contribution in [-0.2, 0) is 4.74 Å². The van der Waals surface area contributed by atoms with Crippen molar-refractivity contribution in [2.75, 3.05) is 31.2 Å². The van der Waals surface area contributed by atoms with Gasteiger partial charge in [-0.15, -0.1) is 10.2 Å². The maximum Gasteiger partial charge on any atom is 0.208 e. The molecule has 2 aliphatic heterocycles. The lowest BCUT2D eigenvalue weighted by Crippen LogP contribution is -2.36. The van der Waals surface area contributed by atoms with Gasteiger partial charge in [0.1, 0.15) is 5.01 Å². The van der Waals surface area contributed by atoms with E-state index >= 15 is 0 Å². The second-order valence-corrected chi connectivity index (χ2v) is 7.54. The van der Waals surface area contributed by atoms with Crippen molar-refractivity contribution in [1.82, 2.24) is 20.0 Å². The van der Waals surface area contributed by atoms with Crippen LogP contribution < -0.4 is 4.90 Å². The number of piperidine rings is 1. The highest BCUT2D eigenvalue weighted by atomic mass is 32.1. The molecule has 2 saturated heterocycles. The molecule has 0 saturated carbocycles. The molecule has 2 fully saturated rings. The van der Waals surface area contributed by atoms with Gasteiger partial charge >= 0.3 is 0 Å². The molecule has 0 amide bonds. The van der Waals surface area contributed by atoms with Crippen LogP contribution in [0.1, 0.15) is 48.2 Å². The first-order valence-electron chi connectivity index (χ1n) is 8.46. The second-order valence-electron chi connectivity index (χ2n) is 6.55. The number of rotatable bonds is 3. The van der Waals surface area contributed by atoms with Crippen LogP contribution in [0.15, 0.2) is 12.4 Å². The molecule has 1 atom stereocenters. The third kappa shape index (κ3) is 3.26. The molecule has 6 nitrogen and oxygen atoms in total. The van der Waals surface area contributed by atoms with Gasteiger partial charge in [-0.05, 0) is 38.2 Å². The van der Waals surface area contributed by atoms with E-state index in [2.05, 4.69) is 38.0 Å². The van der Waals surface area contributed by atoms with Crippen LogP contribution >= 0.6 is 11.3 Å². The zero-order chi connectivity index (χ0) is 15.6. The quantitative estimate of drug-likeness (QED) is 0.864. The molecule has 7 heteroatoms. The van der Waals surface area contributed by atoms with Crippen LogP contribution in [-0.4, -0.2) is 46.3 Å². The van der Waals surface area contributed by atoms with Gasteiger partial charge in [0.25, 0.3) is 0 Å². The highest BCUT2D eigenvalue weighted by molar-refractivity contribution is 7.15. The van der Waals surface area contributed by atoms with Gasteiger partial charge in [-0.2, -0.15) is 5.10 Å². The topological polar surface area (TPSA) is 56.1 Å². The van der Waals surface area contributed by atoms with Crippen molar-refractivity contribution in [3.63, 3.8) is 0 Å². The number of hydrogen-bond donors (Lipinski definition) is 0. The van der Waals surface area contributed by atoms with Crippen molar-refractivity contribution >= 4 is 16.5 Å². The average molecular weight is 333 g/mol. The monoisotopic (exact) mass is 333 g/mol. The lowest BCUT2D eigenvalue weighted by Gasteiger charge is -2.32. The van der Waals surface area contributed by atoms with Gasteiger partial charge in [-0.25, -0.2) is 0 Å². The van der Waals surface area contributed by atoms with Crippen molar-refractivity contribution in [2.24, 2.45) is 0 Å². The molecule has 0 N–H and O–H groups in total. The molecule has 4 rings (SSSR count). The van der Waals surface area contributed by atoms with Gasteiger partial charge in [0.05, 0.1) is 12.2 Å². The molecule has 2 aromatic heterocycles. The Hall–Kier alpha value is -1.47. The van der Waals surface area contributed by atoms with E-state index in [-0.39, 0.29) is 0 Å². The summed E-state index contributed by atoms with van der Waals surface area (Å²) in [6.45, 7) is 5.84. The number of ether oxygens (including phenoxy) is 1. The first-order chi connectivity index (χ1) is 11.3. The largest absolute Gasteiger partial charge is 0.381 e. The molecule has 0 aliphatic carbocycles. The van der Waals surface area contributed by atoms with Crippen molar-refractivity contribution in [2.45, 2.75) is 44.6 Å². The van der Waals surface area contributed by atoms with Gasteiger partial charge in [0.15, 0.2) is 0 Å². The number of anilines is 1. The number of nitrogens with zero attached hydrogens (tertiary/aromatic N) is 5. The van der Waals surface area contributed by atoms with Gasteiger partial charge in [-0.3, -0.25) is 4.68 Å². The molecule has 0 spiro atoms. The van der Waals surface area contributed by atoms with Gasteiger partial charge in [-0.1, -0.05) is 11.3 Å². The second kappa shape index (κ2) is 6.57. The fraction of sp³-hybridized carbons (Fsp3) is 0.688. The summed E-state index contributed by atoms with van der Waals surface area (Å²) in [6.07, 6.45) is 8.58. The molecule has 0 aromatic carbocycles. The van der Waals surface area contributed by atoms with E-state index < -0.39 is 0 Å². The van der Waals surface area contributed by atoms with Crippen molar-refractivity contribution < 1.29 is 4.74 Å². The summed E-state index contributed by atoms with van der Waals surface area (Å²) in [7, 11) is 0. The van der Waals surface area contributed by atoms with Gasteiger partial charge < -0.3 is 9.64 Å². The van der Waals surface area contributed by atoms with Crippen LogP contribution in [0.4, 0.5) is 5.13 Å². The molecule has 0 radical (unpaired) electrons. The summed E-state index contributed by atoms with van der Waals surface area (Å²) < 4.78 is 7.56. The maximum atomic E-state index is 5.45. The normalized spacial score (nSPS) is 23.3. The minimum absolute atomic E-state index is 0.438. The molecule has 23 heavy (non-hydrogen) atoms. The van der Waals surface area contributed by atoms with Gasteiger partial charge in [0, 0.05) is 38.4 Å². The summed E-state index contributed by atoms with van der Waals surface area (Å²) in [4.78, 5) is 2.38. The smallest absolute Gasteiger partial charge is 0.208 e. The molecule has 2 aromatic rings. The number of hydrogen-bond acceptors (Lipinski definition) is 6. The minimum Gasteiger partial charge on any atom is -0.381 e. The SMILES string of the molecule is Cc1cnn(C2CCCN(c3nnc(C4CCOCC4)s3)C2)c1. The van der Waals surface area contributed by atoms with E-state index in [1.54, 1.807) is 11.3 Å². The minimum atomic E-state index is 0.438. The predicted octanol–water partition coefficient (Wildman–Crippen LogP) is 2.78. The molecular formula is C16H23N5OS. The van der Waals surface area contributed by atoms with Crippen LogP contribution in [0.2, 0.25) is 0 Å². The lowest BCUT2D eigenvalue weighted by atomic mass is 10.0. The van der Waals surface area contributed by atoms with Crippen molar-refractivity contribution in [3.05, 3.63) is 23.0 Å². The van der Waals surface area contributed by atoms with Crippen LogP contribution in [0.5, 0.6) is 0 Å². The van der Waals surface area contributed by atoms with Crippen LogP contribution in [0, 0.1) is 6.92 Å². The van der Waals surface area contributed by atoms with Crippen LogP contribution in [0.3, 0.4) is 0 Å². The Kier molecular flexibility index (Phi) is 4.31. The van der Waals surface area contributed by atoms with Crippen molar-refractivity contribution in [3.8, 4) is 0 Å². The first-order valence-corrected chi connectivity index (χ1v) is 9.28. The lowest BCUT2D eigenvalue weighted by molar-refractivity contribution is 0.0851. The summed E-state index contributed by atoms with van der Waals surface area (Å²) in [5.41, 5.74) is 1.22. The van der Waals surface area contributed by atoms with E-state index in [0.29, 0.717) is 12.0 Å². The Morgan fingerprint density at radius 2 is 2.09 bits per heavy atom. The molecule has 4 heterocycles. The van der Waals surface area contributed by atoms with Crippen molar-refractivity contribution in [1.29, 1.82) is 0 Å². The number of aryl methyl sites for hydroxylation is 1. The standard InChI is InChI=1S/C16H23N5OS/c1-12-9-17-21(10-12)14-3-2-6-20(11-14)16-19-18-15(23-16)13-4-7-22-8-5-13/h9-10,13-14H,2-8,11H2,1H3.